The van der Waals surface area contributed by atoms with Gasteiger partial charge in [0.25, 0.3) is 0 Å². The van der Waals surface area contributed by atoms with Gasteiger partial charge in [0, 0.05) is 37.6 Å². The SMILES string of the molecule is CN1CC2CCCN2Cc2cc(N)ccc21.Cl. The van der Waals surface area contributed by atoms with Crippen LogP contribution in [0.3, 0.4) is 0 Å². The molecule has 0 amide bonds. The average molecular weight is 254 g/mol. The lowest BCUT2D eigenvalue weighted by atomic mass is 10.1. The monoisotopic (exact) mass is 253 g/mol. The van der Waals surface area contributed by atoms with Crippen molar-refractivity contribution in [2.24, 2.45) is 0 Å². The Bertz CT molecular complexity index is 408. The summed E-state index contributed by atoms with van der Waals surface area (Å²) in [5, 5.41) is 0. The van der Waals surface area contributed by atoms with E-state index >= 15 is 0 Å². The number of hydrogen-bond acceptors (Lipinski definition) is 3. The lowest BCUT2D eigenvalue weighted by molar-refractivity contribution is 0.255. The molecule has 1 unspecified atom stereocenters. The van der Waals surface area contributed by atoms with Gasteiger partial charge in [-0.15, -0.1) is 12.4 Å². The zero-order chi connectivity index (χ0) is 11.1. The van der Waals surface area contributed by atoms with Crippen molar-refractivity contribution in [1.29, 1.82) is 0 Å². The molecule has 1 fully saturated rings. The maximum Gasteiger partial charge on any atom is 0.0411 e. The van der Waals surface area contributed by atoms with E-state index in [1.807, 2.05) is 6.07 Å². The lowest BCUT2D eigenvalue weighted by Crippen LogP contribution is -2.35. The Kier molecular flexibility index (Phi) is 3.50. The van der Waals surface area contributed by atoms with E-state index in [-0.39, 0.29) is 12.4 Å². The Morgan fingerprint density at radius 2 is 2.18 bits per heavy atom. The van der Waals surface area contributed by atoms with Crippen LogP contribution in [-0.2, 0) is 6.54 Å². The summed E-state index contributed by atoms with van der Waals surface area (Å²) in [5.41, 5.74) is 9.49. The molecule has 0 aromatic heterocycles. The van der Waals surface area contributed by atoms with E-state index in [4.69, 9.17) is 5.73 Å². The van der Waals surface area contributed by atoms with Crippen molar-refractivity contribution >= 4 is 23.8 Å². The molecule has 4 heteroatoms. The summed E-state index contributed by atoms with van der Waals surface area (Å²) in [6.45, 7) is 3.46. The molecular weight excluding hydrogens is 234 g/mol. The van der Waals surface area contributed by atoms with Gasteiger partial charge < -0.3 is 10.6 Å². The Morgan fingerprint density at radius 1 is 1.35 bits per heavy atom. The summed E-state index contributed by atoms with van der Waals surface area (Å²) in [7, 11) is 2.19. The molecule has 0 saturated carbocycles. The molecule has 2 aliphatic heterocycles. The first-order valence-electron chi connectivity index (χ1n) is 6.07. The highest BCUT2D eigenvalue weighted by atomic mass is 35.5. The Morgan fingerprint density at radius 3 is 3.00 bits per heavy atom. The zero-order valence-corrected chi connectivity index (χ0v) is 11.0. The van der Waals surface area contributed by atoms with Gasteiger partial charge in [-0.05, 0) is 43.1 Å². The molecule has 2 N–H and O–H groups in total. The van der Waals surface area contributed by atoms with E-state index in [0.717, 1.165) is 24.8 Å². The second kappa shape index (κ2) is 4.75. The summed E-state index contributed by atoms with van der Waals surface area (Å²) in [4.78, 5) is 4.98. The van der Waals surface area contributed by atoms with Crippen molar-refractivity contribution in [3.63, 3.8) is 0 Å². The van der Waals surface area contributed by atoms with Crippen LogP contribution in [0.1, 0.15) is 18.4 Å². The minimum absolute atomic E-state index is 0. The predicted octanol–water partition coefficient (Wildman–Crippen LogP) is 2.10. The van der Waals surface area contributed by atoms with Gasteiger partial charge in [-0.25, -0.2) is 0 Å². The van der Waals surface area contributed by atoms with E-state index in [0.29, 0.717) is 0 Å². The van der Waals surface area contributed by atoms with Crippen LogP contribution in [0, 0.1) is 0 Å². The van der Waals surface area contributed by atoms with Crippen LogP contribution >= 0.6 is 12.4 Å². The number of anilines is 2. The molecule has 2 heterocycles. The van der Waals surface area contributed by atoms with Crippen LogP contribution < -0.4 is 10.6 Å². The Hall–Kier alpha value is -0.930. The van der Waals surface area contributed by atoms with Gasteiger partial charge >= 0.3 is 0 Å². The largest absolute Gasteiger partial charge is 0.399 e. The maximum atomic E-state index is 5.88. The maximum absolute atomic E-state index is 5.88. The smallest absolute Gasteiger partial charge is 0.0411 e. The molecular formula is C13H20ClN3. The number of nitrogens with zero attached hydrogens (tertiary/aromatic N) is 2. The highest BCUT2D eigenvalue weighted by molar-refractivity contribution is 5.85. The number of fused-ring (bicyclic) bond motifs is 2. The van der Waals surface area contributed by atoms with Crippen LogP contribution in [0.2, 0.25) is 0 Å². The fraction of sp³-hybridized carbons (Fsp3) is 0.538. The summed E-state index contributed by atoms with van der Waals surface area (Å²) in [5.74, 6) is 0. The number of likely N-dealkylation sites (N-methyl/N-ethyl adjacent to an activating group) is 1. The van der Waals surface area contributed by atoms with Crippen molar-refractivity contribution < 1.29 is 0 Å². The van der Waals surface area contributed by atoms with Crippen LogP contribution in [0.25, 0.3) is 0 Å². The highest BCUT2D eigenvalue weighted by Crippen LogP contribution is 2.31. The van der Waals surface area contributed by atoms with Gasteiger partial charge in [0.15, 0.2) is 0 Å². The van der Waals surface area contributed by atoms with Crippen molar-refractivity contribution in [3.8, 4) is 0 Å². The second-order valence-corrected chi connectivity index (χ2v) is 5.04. The van der Waals surface area contributed by atoms with E-state index in [9.17, 15) is 0 Å². The molecule has 1 aromatic carbocycles. The molecule has 1 saturated heterocycles. The molecule has 0 spiro atoms. The highest BCUT2D eigenvalue weighted by Gasteiger charge is 2.29. The van der Waals surface area contributed by atoms with E-state index < -0.39 is 0 Å². The number of nitrogen functional groups attached to an aromatic ring is 1. The van der Waals surface area contributed by atoms with Crippen molar-refractivity contribution in [2.75, 3.05) is 30.8 Å². The predicted molar refractivity (Wildman–Crippen MR) is 74.8 cm³/mol. The third kappa shape index (κ3) is 2.22. The first-order chi connectivity index (χ1) is 7.74. The van der Waals surface area contributed by atoms with Gasteiger partial charge in [-0.3, -0.25) is 4.90 Å². The first kappa shape index (κ1) is 12.5. The van der Waals surface area contributed by atoms with E-state index in [1.54, 1.807) is 0 Å². The molecule has 0 aliphatic carbocycles. The fourth-order valence-electron chi connectivity index (χ4n) is 3.05. The summed E-state index contributed by atoms with van der Waals surface area (Å²) in [6.07, 6.45) is 2.68. The molecule has 1 aromatic rings. The Balaban J connectivity index is 0.00000108. The summed E-state index contributed by atoms with van der Waals surface area (Å²) >= 11 is 0. The van der Waals surface area contributed by atoms with Crippen molar-refractivity contribution in [2.45, 2.75) is 25.4 Å². The number of benzene rings is 1. The number of halogens is 1. The minimum atomic E-state index is 0. The third-order valence-corrected chi connectivity index (χ3v) is 3.87. The molecule has 0 radical (unpaired) electrons. The summed E-state index contributed by atoms with van der Waals surface area (Å²) in [6, 6.07) is 7.03. The topological polar surface area (TPSA) is 32.5 Å². The van der Waals surface area contributed by atoms with Crippen molar-refractivity contribution in [3.05, 3.63) is 23.8 Å². The van der Waals surface area contributed by atoms with E-state index in [2.05, 4.69) is 29.0 Å². The molecule has 3 rings (SSSR count). The molecule has 94 valence electrons. The lowest BCUT2D eigenvalue weighted by Gasteiger charge is -2.24. The standard InChI is InChI=1S/C13H19N3.ClH/c1-15-9-12-3-2-6-16(12)8-10-7-11(14)4-5-13(10)15;/h4-5,7,12H,2-3,6,8-9,14H2,1H3;1H. The number of hydrogen-bond donors (Lipinski definition) is 1. The van der Waals surface area contributed by atoms with Gasteiger partial charge in [0.1, 0.15) is 0 Å². The van der Waals surface area contributed by atoms with Gasteiger partial charge in [0.2, 0.25) is 0 Å². The third-order valence-electron chi connectivity index (χ3n) is 3.87. The van der Waals surface area contributed by atoms with Gasteiger partial charge in [0.05, 0.1) is 0 Å². The zero-order valence-electron chi connectivity index (χ0n) is 10.2. The molecule has 1 atom stereocenters. The van der Waals surface area contributed by atoms with Crippen LogP contribution in [0.4, 0.5) is 11.4 Å². The number of rotatable bonds is 0. The molecule has 2 aliphatic rings. The Labute approximate surface area is 109 Å². The van der Waals surface area contributed by atoms with Crippen LogP contribution in [-0.4, -0.2) is 31.1 Å². The average Bonchev–Trinajstić information content (AvgIpc) is 2.61. The minimum Gasteiger partial charge on any atom is -0.399 e. The number of nitrogens with two attached hydrogens (primary N) is 1. The fourth-order valence-corrected chi connectivity index (χ4v) is 3.05. The first-order valence-corrected chi connectivity index (χ1v) is 6.07. The second-order valence-electron chi connectivity index (χ2n) is 5.04. The summed E-state index contributed by atoms with van der Waals surface area (Å²) < 4.78 is 0. The van der Waals surface area contributed by atoms with Crippen LogP contribution in [0.5, 0.6) is 0 Å². The molecule has 0 bridgehead atoms. The van der Waals surface area contributed by atoms with Crippen LogP contribution in [0.15, 0.2) is 18.2 Å². The van der Waals surface area contributed by atoms with Gasteiger partial charge in [-0.2, -0.15) is 0 Å². The quantitative estimate of drug-likeness (QED) is 0.719. The van der Waals surface area contributed by atoms with Crippen molar-refractivity contribution in [1.82, 2.24) is 4.90 Å². The molecule has 17 heavy (non-hydrogen) atoms. The van der Waals surface area contributed by atoms with E-state index in [1.165, 1.54) is 30.6 Å². The molecule has 3 nitrogen and oxygen atoms in total. The normalized spacial score (nSPS) is 23.6. The van der Waals surface area contributed by atoms with Gasteiger partial charge in [-0.1, -0.05) is 0 Å².